The Balaban J connectivity index is 1.50. The van der Waals surface area contributed by atoms with Crippen LogP contribution in [0.4, 0.5) is 25.5 Å². The summed E-state index contributed by atoms with van der Waals surface area (Å²) in [4.78, 5) is 31.2. The van der Waals surface area contributed by atoms with E-state index in [9.17, 15) is 14.0 Å². The third kappa shape index (κ3) is 4.23. The zero-order chi connectivity index (χ0) is 23.1. The van der Waals surface area contributed by atoms with Crippen molar-refractivity contribution in [2.24, 2.45) is 0 Å². The van der Waals surface area contributed by atoms with Crippen LogP contribution < -0.4 is 9.80 Å². The fraction of sp³-hybridized carbons (Fsp3) is 0.455. The van der Waals surface area contributed by atoms with Gasteiger partial charge in [-0.15, -0.1) is 0 Å². The Kier molecular flexibility index (Phi) is 5.28. The van der Waals surface area contributed by atoms with Gasteiger partial charge in [0.15, 0.2) is 5.82 Å². The molecule has 1 aromatic heterocycles. The number of carbonyl (C=O) groups excluding carboxylic acids is 2. The summed E-state index contributed by atoms with van der Waals surface area (Å²) >= 11 is 0. The average molecular weight is 442 g/mol. The molecule has 0 spiro atoms. The smallest absolute Gasteiger partial charge is 0.416 e. The highest BCUT2D eigenvalue weighted by Gasteiger charge is 2.54. The van der Waals surface area contributed by atoms with E-state index in [0.29, 0.717) is 24.1 Å². The van der Waals surface area contributed by atoms with Crippen LogP contribution in [0.15, 0.2) is 35.1 Å². The highest BCUT2D eigenvalue weighted by Crippen LogP contribution is 2.50. The van der Waals surface area contributed by atoms with Crippen molar-refractivity contribution in [1.82, 2.24) is 5.16 Å². The molecule has 4 rings (SSSR count). The van der Waals surface area contributed by atoms with Crippen molar-refractivity contribution in [2.75, 3.05) is 22.9 Å². The summed E-state index contributed by atoms with van der Waals surface area (Å²) in [5.74, 6) is -0.303. The molecule has 2 fully saturated rings. The summed E-state index contributed by atoms with van der Waals surface area (Å²) < 4.78 is 30.4. The maximum absolute atomic E-state index is 14.7. The first-order chi connectivity index (χ1) is 15.1. The molecule has 2 aliphatic rings. The van der Waals surface area contributed by atoms with Gasteiger partial charge in [-0.25, -0.2) is 20.6 Å². The summed E-state index contributed by atoms with van der Waals surface area (Å²) in [6, 6.07) is 5.90. The number of aromatic nitrogens is 1. The molecule has 1 aromatic carbocycles. The van der Waals surface area contributed by atoms with Crippen LogP contribution >= 0.6 is 0 Å². The Labute approximate surface area is 184 Å². The Morgan fingerprint density at radius 2 is 2.16 bits per heavy atom. The van der Waals surface area contributed by atoms with Gasteiger partial charge in [0.25, 0.3) is 5.54 Å². The number of hydrogen-bond donors (Lipinski definition) is 0. The van der Waals surface area contributed by atoms with E-state index < -0.39 is 35.2 Å². The Bertz CT molecular complexity index is 1070. The number of amides is 2. The van der Waals surface area contributed by atoms with Crippen LogP contribution in [0.2, 0.25) is 0 Å². The van der Waals surface area contributed by atoms with Gasteiger partial charge < -0.3 is 18.8 Å². The van der Waals surface area contributed by atoms with Gasteiger partial charge in [0.2, 0.25) is 0 Å². The quantitative estimate of drug-likeness (QED) is 0.634. The lowest BCUT2D eigenvalue weighted by Crippen LogP contribution is -2.42. The van der Waals surface area contributed by atoms with Crippen molar-refractivity contribution in [3.05, 3.63) is 53.3 Å². The SMILES string of the molecule is [C-]#[N+]C1(c2ccc(N3CC(CN(C(=O)OC(C)(C)C)c4ccon4)OC3=O)cc2F)CC1. The van der Waals surface area contributed by atoms with Crippen molar-refractivity contribution >= 4 is 23.7 Å². The minimum atomic E-state index is -0.776. The molecule has 32 heavy (non-hydrogen) atoms. The minimum Gasteiger partial charge on any atom is -0.443 e. The van der Waals surface area contributed by atoms with E-state index in [4.69, 9.17) is 20.6 Å². The molecule has 2 amide bonds. The first-order valence-corrected chi connectivity index (χ1v) is 10.2. The molecule has 2 heterocycles. The van der Waals surface area contributed by atoms with E-state index in [2.05, 4.69) is 10.0 Å². The number of halogens is 1. The number of nitrogens with zero attached hydrogens (tertiary/aromatic N) is 4. The maximum Gasteiger partial charge on any atom is 0.416 e. The zero-order valence-corrected chi connectivity index (χ0v) is 18.0. The highest BCUT2D eigenvalue weighted by atomic mass is 19.1. The molecule has 9 nitrogen and oxygen atoms in total. The fourth-order valence-electron chi connectivity index (χ4n) is 3.56. The van der Waals surface area contributed by atoms with Crippen molar-refractivity contribution in [2.45, 2.75) is 50.9 Å². The van der Waals surface area contributed by atoms with Gasteiger partial charge >= 0.3 is 12.2 Å². The average Bonchev–Trinajstić information content (AvgIpc) is 3.14. The Morgan fingerprint density at radius 1 is 1.41 bits per heavy atom. The van der Waals surface area contributed by atoms with Gasteiger partial charge in [-0.1, -0.05) is 5.16 Å². The van der Waals surface area contributed by atoms with Crippen LogP contribution in [-0.2, 0) is 15.0 Å². The van der Waals surface area contributed by atoms with Gasteiger partial charge in [-0.05, 0) is 39.0 Å². The van der Waals surface area contributed by atoms with Gasteiger partial charge in [0.1, 0.15) is 23.8 Å². The second kappa shape index (κ2) is 7.82. The van der Waals surface area contributed by atoms with E-state index in [0.717, 1.165) is 0 Å². The molecule has 0 N–H and O–H groups in total. The van der Waals surface area contributed by atoms with Crippen LogP contribution in [0.1, 0.15) is 39.2 Å². The summed E-state index contributed by atoms with van der Waals surface area (Å²) in [6.07, 6.45) is 0.557. The van der Waals surface area contributed by atoms with Gasteiger partial charge in [-0.2, -0.15) is 0 Å². The van der Waals surface area contributed by atoms with E-state index >= 15 is 0 Å². The zero-order valence-electron chi connectivity index (χ0n) is 18.0. The summed E-state index contributed by atoms with van der Waals surface area (Å²) in [7, 11) is 0. The first kappa shape index (κ1) is 21.6. The van der Waals surface area contributed by atoms with E-state index in [1.54, 1.807) is 32.9 Å². The molecule has 1 saturated carbocycles. The number of cyclic esters (lactones) is 1. The molecule has 2 aromatic rings. The topological polar surface area (TPSA) is 89.5 Å². The van der Waals surface area contributed by atoms with Gasteiger partial charge in [0, 0.05) is 18.9 Å². The van der Waals surface area contributed by atoms with Crippen molar-refractivity contribution in [3.63, 3.8) is 0 Å². The summed E-state index contributed by atoms with van der Waals surface area (Å²) in [6.45, 7) is 12.6. The molecule has 1 unspecified atom stereocenters. The summed E-state index contributed by atoms with van der Waals surface area (Å²) in [5, 5.41) is 3.79. The van der Waals surface area contributed by atoms with E-state index in [1.807, 2.05) is 0 Å². The van der Waals surface area contributed by atoms with Gasteiger partial charge in [-0.3, -0.25) is 9.80 Å². The normalized spacial score (nSPS) is 19.3. The molecule has 0 radical (unpaired) electrons. The van der Waals surface area contributed by atoms with E-state index in [1.165, 1.54) is 28.2 Å². The van der Waals surface area contributed by atoms with Crippen LogP contribution in [-0.4, -0.2) is 42.1 Å². The maximum atomic E-state index is 14.7. The minimum absolute atomic E-state index is 0.0227. The molecule has 0 bridgehead atoms. The molecule has 1 aliphatic carbocycles. The Hall–Kier alpha value is -3.61. The van der Waals surface area contributed by atoms with Gasteiger partial charge in [0.05, 0.1) is 24.3 Å². The largest absolute Gasteiger partial charge is 0.443 e. The van der Waals surface area contributed by atoms with Crippen LogP contribution in [0.3, 0.4) is 0 Å². The lowest BCUT2D eigenvalue weighted by Gasteiger charge is -2.26. The summed E-state index contributed by atoms with van der Waals surface area (Å²) in [5.41, 5.74) is -0.837. The highest BCUT2D eigenvalue weighted by molar-refractivity contribution is 5.91. The van der Waals surface area contributed by atoms with Crippen LogP contribution in [0.25, 0.3) is 4.85 Å². The Morgan fingerprint density at radius 3 is 2.72 bits per heavy atom. The second-order valence-electron chi connectivity index (χ2n) is 8.87. The number of benzene rings is 1. The third-order valence-electron chi connectivity index (χ3n) is 5.28. The van der Waals surface area contributed by atoms with Crippen LogP contribution in [0.5, 0.6) is 0 Å². The van der Waals surface area contributed by atoms with Crippen LogP contribution in [0, 0.1) is 12.4 Å². The molecule has 168 valence electrons. The molecular weight excluding hydrogens is 419 g/mol. The number of carbonyl (C=O) groups is 2. The lowest BCUT2D eigenvalue weighted by atomic mass is 10.0. The molecule has 10 heteroatoms. The first-order valence-electron chi connectivity index (χ1n) is 10.2. The molecule has 1 atom stereocenters. The predicted octanol–water partition coefficient (Wildman–Crippen LogP) is 4.49. The number of rotatable bonds is 5. The van der Waals surface area contributed by atoms with Crippen molar-refractivity contribution in [3.8, 4) is 0 Å². The molecular formula is C22H23FN4O5. The molecule has 1 saturated heterocycles. The number of anilines is 2. The monoisotopic (exact) mass is 442 g/mol. The lowest BCUT2D eigenvalue weighted by molar-refractivity contribution is 0.0556. The van der Waals surface area contributed by atoms with E-state index in [-0.39, 0.29) is 18.9 Å². The third-order valence-corrected chi connectivity index (χ3v) is 5.28. The predicted molar refractivity (Wildman–Crippen MR) is 112 cm³/mol. The number of hydrogen-bond acceptors (Lipinski definition) is 6. The number of ether oxygens (including phenoxy) is 2. The van der Waals surface area contributed by atoms with Crippen molar-refractivity contribution < 1.29 is 28.0 Å². The van der Waals surface area contributed by atoms with Crippen molar-refractivity contribution in [1.29, 1.82) is 0 Å². The fourth-order valence-corrected chi connectivity index (χ4v) is 3.56. The molecule has 1 aliphatic heterocycles. The second-order valence-corrected chi connectivity index (χ2v) is 8.87. The standard InChI is InChI=1S/C22H23FN4O5/c1-21(2,3)32-20(29)27(18-7-10-30-25-18)13-15-12-26(19(28)31-15)14-5-6-16(17(23)11-14)22(24-4)8-9-22/h5-7,10-11,15H,8-9,12-13H2,1-3H3.